The summed E-state index contributed by atoms with van der Waals surface area (Å²) in [6.45, 7) is 8.86. The summed E-state index contributed by atoms with van der Waals surface area (Å²) in [5.74, 6) is -3.13. The predicted molar refractivity (Wildman–Crippen MR) is 72.0 cm³/mol. The first kappa shape index (κ1) is 16.1. The van der Waals surface area contributed by atoms with E-state index in [2.05, 4.69) is 6.72 Å². The summed E-state index contributed by atoms with van der Waals surface area (Å²) < 4.78 is 28.0. The van der Waals surface area contributed by atoms with Gasteiger partial charge in [-0.15, -0.1) is 0 Å². The van der Waals surface area contributed by atoms with Crippen molar-refractivity contribution in [1.29, 1.82) is 0 Å². The van der Waals surface area contributed by atoms with Gasteiger partial charge in [-0.1, -0.05) is 31.5 Å². The van der Waals surface area contributed by atoms with E-state index in [9.17, 15) is 18.7 Å². The maximum absolute atomic E-state index is 13.7. The molecule has 110 valence electrons. The normalized spacial score (nSPS) is 12.9. The number of hydrogen-bond acceptors (Lipinski definition) is 2. The highest BCUT2D eigenvalue weighted by atomic mass is 19.2. The highest BCUT2D eigenvalue weighted by Gasteiger charge is 2.40. The highest BCUT2D eigenvalue weighted by molar-refractivity contribution is 5.74. The lowest BCUT2D eigenvalue weighted by Crippen LogP contribution is -2.50. The number of nitrogens with zero attached hydrogens (tertiary/aromatic N) is 2. The Morgan fingerprint density at radius 2 is 1.95 bits per heavy atom. The monoisotopic (exact) mass is 285 g/mol. The van der Waals surface area contributed by atoms with Crippen LogP contribution < -0.4 is 0 Å². The Kier molecular flexibility index (Phi) is 4.47. The fourth-order valence-corrected chi connectivity index (χ4v) is 2.09. The zero-order valence-corrected chi connectivity index (χ0v) is 12.0. The van der Waals surface area contributed by atoms with E-state index < -0.39 is 29.1 Å². The minimum atomic E-state index is -1.06. The Bertz CT molecular complexity index is 538. The Morgan fingerprint density at radius 3 is 2.40 bits per heavy atom. The summed E-state index contributed by atoms with van der Waals surface area (Å²) in [5, 5.41) is 10.6. The van der Waals surface area contributed by atoms with Crippen LogP contribution in [0.3, 0.4) is 0 Å². The third-order valence-electron chi connectivity index (χ3n) is 3.02. The number of benzene rings is 1. The molecule has 0 heterocycles. The average Bonchev–Trinajstić information content (AvgIpc) is 2.29. The largest absolute Gasteiger partial charge is 0.480 e. The van der Waals surface area contributed by atoms with Crippen LogP contribution in [0.25, 0.3) is 0 Å². The molecule has 0 spiro atoms. The van der Waals surface area contributed by atoms with E-state index in [0.717, 1.165) is 10.8 Å². The van der Waals surface area contributed by atoms with E-state index in [4.69, 9.17) is 0 Å². The van der Waals surface area contributed by atoms with Crippen LogP contribution in [0.5, 0.6) is 0 Å². The molecule has 0 saturated heterocycles. The van der Waals surface area contributed by atoms with E-state index in [0.29, 0.717) is 0 Å². The van der Waals surface area contributed by atoms with Crippen LogP contribution in [0.1, 0.15) is 20.8 Å². The summed E-state index contributed by atoms with van der Waals surface area (Å²) in [7, 11) is 1.47. The number of rotatable bonds is 4. The smallest absolute Gasteiger partial charge is 0.332 e. The van der Waals surface area contributed by atoms with E-state index in [1.54, 1.807) is 20.8 Å². The van der Waals surface area contributed by atoms with Crippen molar-refractivity contribution in [2.75, 3.05) is 7.05 Å². The molecule has 1 aromatic rings. The van der Waals surface area contributed by atoms with E-state index in [1.165, 1.54) is 24.2 Å². The molecule has 0 aliphatic carbocycles. The van der Waals surface area contributed by atoms with Crippen LogP contribution in [0, 0.1) is 17.0 Å². The molecule has 0 aromatic heterocycles. The molecule has 0 aliphatic rings. The number of hydrazone groups is 1. The second kappa shape index (κ2) is 5.56. The summed E-state index contributed by atoms with van der Waals surface area (Å²) in [6, 6.07) is 2.73. The lowest BCUT2D eigenvalue weighted by molar-refractivity contribution is -0.621. The van der Waals surface area contributed by atoms with Gasteiger partial charge in [0.1, 0.15) is 0 Å². The van der Waals surface area contributed by atoms with E-state index in [-0.39, 0.29) is 5.69 Å². The Hall–Kier alpha value is -1.98. The number of carboxylic acid groups (broad SMARTS) is 1. The van der Waals surface area contributed by atoms with Gasteiger partial charge in [0.2, 0.25) is 5.82 Å². The van der Waals surface area contributed by atoms with Gasteiger partial charge in [-0.25, -0.2) is 9.18 Å². The van der Waals surface area contributed by atoms with Crippen molar-refractivity contribution in [1.82, 2.24) is 5.01 Å². The Labute approximate surface area is 116 Å². The van der Waals surface area contributed by atoms with E-state index >= 15 is 0 Å². The zero-order chi connectivity index (χ0) is 15.7. The van der Waals surface area contributed by atoms with Gasteiger partial charge in [-0.3, -0.25) is 0 Å². The molecule has 1 aromatic carbocycles. The van der Waals surface area contributed by atoms with Gasteiger partial charge in [0.05, 0.1) is 7.05 Å². The molecule has 0 saturated carbocycles. The fraction of sp³-hybridized carbons (Fsp3) is 0.429. The minimum Gasteiger partial charge on any atom is -0.480 e. The first-order chi connectivity index (χ1) is 9.07. The SMILES string of the molecule is C=[N+](c1cccc(F)c1F)N(C)[C@H](C(=O)O)C(C)(C)C. The maximum atomic E-state index is 13.7. The maximum Gasteiger partial charge on any atom is 0.332 e. The van der Waals surface area contributed by atoms with Crippen LogP contribution in [0.15, 0.2) is 18.2 Å². The fourth-order valence-electron chi connectivity index (χ4n) is 2.09. The molecule has 0 unspecified atom stereocenters. The number of likely N-dealkylation sites (N-methyl/N-ethyl adjacent to an activating group) is 1. The molecule has 0 radical (unpaired) electrons. The first-order valence-electron chi connectivity index (χ1n) is 6.07. The summed E-state index contributed by atoms with van der Waals surface area (Å²) in [6.07, 6.45) is 0. The van der Waals surface area contributed by atoms with Crippen molar-refractivity contribution in [2.24, 2.45) is 5.41 Å². The third kappa shape index (κ3) is 3.12. The zero-order valence-electron chi connectivity index (χ0n) is 12.0. The number of aliphatic carboxylic acids is 1. The molecule has 4 nitrogen and oxygen atoms in total. The number of carbonyl (C=O) groups is 1. The molecule has 1 atom stereocenters. The van der Waals surface area contributed by atoms with Crippen molar-refractivity contribution >= 4 is 18.4 Å². The molecule has 1 rings (SSSR count). The average molecular weight is 285 g/mol. The molecule has 0 fully saturated rings. The van der Waals surface area contributed by atoms with Crippen molar-refractivity contribution in [3.05, 3.63) is 29.8 Å². The first-order valence-corrected chi connectivity index (χ1v) is 6.07. The number of hydrazine groups is 1. The van der Waals surface area contributed by atoms with Crippen molar-refractivity contribution in [2.45, 2.75) is 26.8 Å². The van der Waals surface area contributed by atoms with Crippen LogP contribution >= 0.6 is 0 Å². The standard InChI is InChI=1S/C14H18F2N2O2/c1-14(2,3)12(13(19)20)18(5)17(4)10-8-6-7-9(15)11(10)16/h6-8,12H,4H2,1-3,5H3/p+1/t12-/m1/s1. The summed E-state index contributed by atoms with van der Waals surface area (Å²) in [5.41, 5.74) is -0.733. The Morgan fingerprint density at radius 1 is 1.40 bits per heavy atom. The molecule has 0 amide bonds. The Balaban J connectivity index is 3.19. The van der Waals surface area contributed by atoms with Crippen LogP contribution in [-0.4, -0.2) is 40.6 Å². The van der Waals surface area contributed by atoms with Crippen LogP contribution in [0.2, 0.25) is 0 Å². The molecular formula is C14H19F2N2O2+. The molecule has 0 bridgehead atoms. The van der Waals surface area contributed by atoms with Gasteiger partial charge in [-0.05, 0) is 11.5 Å². The van der Waals surface area contributed by atoms with Crippen LogP contribution in [-0.2, 0) is 4.79 Å². The number of hydrogen-bond donors (Lipinski definition) is 1. The number of halogens is 2. The molecule has 6 heteroatoms. The second-order valence-electron chi connectivity index (χ2n) is 5.65. The second-order valence-corrected chi connectivity index (χ2v) is 5.65. The molecule has 20 heavy (non-hydrogen) atoms. The predicted octanol–water partition coefficient (Wildman–Crippen LogP) is 2.66. The van der Waals surface area contributed by atoms with Gasteiger partial charge >= 0.3 is 5.97 Å². The summed E-state index contributed by atoms with van der Waals surface area (Å²) in [4.78, 5) is 11.4. The van der Waals surface area contributed by atoms with Gasteiger partial charge in [0, 0.05) is 6.07 Å². The van der Waals surface area contributed by atoms with Gasteiger partial charge in [0.25, 0.3) is 5.69 Å². The molecule has 0 aliphatic heterocycles. The van der Waals surface area contributed by atoms with Crippen molar-refractivity contribution in [3.63, 3.8) is 0 Å². The highest BCUT2D eigenvalue weighted by Crippen LogP contribution is 2.27. The van der Waals surface area contributed by atoms with Crippen molar-refractivity contribution < 1.29 is 23.4 Å². The lowest BCUT2D eigenvalue weighted by Gasteiger charge is -2.31. The number of carboxylic acids is 1. The van der Waals surface area contributed by atoms with Gasteiger partial charge in [-0.2, -0.15) is 9.40 Å². The van der Waals surface area contributed by atoms with Crippen molar-refractivity contribution in [3.8, 4) is 0 Å². The minimum absolute atomic E-state index is 0.122. The van der Waals surface area contributed by atoms with Gasteiger partial charge < -0.3 is 5.11 Å². The quantitative estimate of drug-likeness (QED) is 0.525. The lowest BCUT2D eigenvalue weighted by atomic mass is 9.86. The van der Waals surface area contributed by atoms with E-state index in [1.807, 2.05) is 0 Å². The third-order valence-corrected chi connectivity index (χ3v) is 3.02. The summed E-state index contributed by atoms with van der Waals surface area (Å²) >= 11 is 0. The molecule has 1 N–H and O–H groups in total. The van der Waals surface area contributed by atoms with Gasteiger partial charge in [0.15, 0.2) is 18.6 Å². The topological polar surface area (TPSA) is 43.5 Å². The van der Waals surface area contributed by atoms with Crippen LogP contribution in [0.4, 0.5) is 14.5 Å². The molecular weight excluding hydrogens is 266 g/mol.